The fourth-order valence-corrected chi connectivity index (χ4v) is 6.26. The molecular weight excluding hydrogens is 462 g/mol. The van der Waals surface area contributed by atoms with Gasteiger partial charge in [0.15, 0.2) is 17.5 Å². The lowest BCUT2D eigenvalue weighted by Crippen LogP contribution is -2.55. The molecule has 0 radical (unpaired) electrons. The monoisotopic (exact) mass is 498 g/mol. The van der Waals surface area contributed by atoms with E-state index in [1.165, 1.54) is 6.42 Å². The molecule has 2 aromatic carbocycles. The van der Waals surface area contributed by atoms with Crippen LogP contribution in [0.3, 0.4) is 0 Å². The third-order valence-electron chi connectivity index (χ3n) is 7.28. The molecule has 1 aromatic heterocycles. The fourth-order valence-electron chi connectivity index (χ4n) is 4.88. The highest BCUT2D eigenvalue weighted by molar-refractivity contribution is 7.89. The van der Waals surface area contributed by atoms with Crippen molar-refractivity contribution in [3.05, 3.63) is 84.1 Å². The maximum Gasteiger partial charge on any atom is 0.245 e. The summed E-state index contributed by atoms with van der Waals surface area (Å²) in [6.45, 7) is 2.24. The van der Waals surface area contributed by atoms with E-state index in [9.17, 15) is 13.5 Å². The maximum atomic E-state index is 12.8. The van der Waals surface area contributed by atoms with Gasteiger partial charge in [-0.2, -0.15) is 4.72 Å². The van der Waals surface area contributed by atoms with Crippen LogP contribution in [0.5, 0.6) is 0 Å². The first-order valence-corrected chi connectivity index (χ1v) is 13.7. The predicted molar refractivity (Wildman–Crippen MR) is 135 cm³/mol. The molecule has 1 aliphatic rings. The number of rotatable bonds is 9. The first-order valence-electron chi connectivity index (χ1n) is 12.3. The van der Waals surface area contributed by atoms with Crippen LogP contribution in [0.2, 0.25) is 0 Å². The van der Waals surface area contributed by atoms with Crippen LogP contribution in [0, 0.1) is 5.92 Å². The molecule has 0 amide bonds. The molecule has 0 bridgehead atoms. The number of hydrogen-bond donors (Lipinski definition) is 2. The number of oxazole rings is 1. The standard InChI is InChI=1S/C27H36N3O4S/c1-21(29-35(32,33)25-17-11-6-12-18-25)30(2,3)20-24-19-28-26(34-24)27(31,22-13-7-4-8-14-22)23-15-9-5-10-16-23/h4,6-8,11-14,17-19,21,23,29,31H,5,9-10,15-16,20H2,1-3H3/q+1/t21?,27-/m0/s1. The first kappa shape index (κ1) is 25.6. The van der Waals surface area contributed by atoms with Gasteiger partial charge in [0.2, 0.25) is 15.9 Å². The highest BCUT2D eigenvalue weighted by Crippen LogP contribution is 2.43. The summed E-state index contributed by atoms with van der Waals surface area (Å²) < 4.78 is 34.9. The topological polar surface area (TPSA) is 92.4 Å². The number of nitrogens with zero attached hydrogens (tertiary/aromatic N) is 2. The molecule has 35 heavy (non-hydrogen) atoms. The van der Waals surface area contributed by atoms with Gasteiger partial charge in [-0.05, 0) is 30.5 Å². The number of aromatic nitrogens is 1. The molecule has 2 N–H and O–H groups in total. The number of nitrogens with one attached hydrogen (secondary N) is 1. The summed E-state index contributed by atoms with van der Waals surface area (Å²) in [5.74, 6) is 0.938. The van der Waals surface area contributed by atoms with Crippen molar-refractivity contribution in [3.8, 4) is 0 Å². The summed E-state index contributed by atoms with van der Waals surface area (Å²) >= 11 is 0. The van der Waals surface area contributed by atoms with Crippen molar-refractivity contribution in [1.29, 1.82) is 0 Å². The van der Waals surface area contributed by atoms with Crippen LogP contribution < -0.4 is 4.72 Å². The number of benzene rings is 2. The van der Waals surface area contributed by atoms with Crippen molar-refractivity contribution in [2.24, 2.45) is 5.92 Å². The Morgan fingerprint density at radius 2 is 1.66 bits per heavy atom. The van der Waals surface area contributed by atoms with E-state index in [1.807, 2.05) is 51.4 Å². The molecule has 0 saturated heterocycles. The van der Waals surface area contributed by atoms with Gasteiger partial charge in [0.1, 0.15) is 6.54 Å². The SMILES string of the molecule is CC(NS(=O)(=O)c1ccccc1)[N+](C)(C)Cc1cnc([C@](O)(c2ccccc2)C2CCCCC2)o1. The van der Waals surface area contributed by atoms with Crippen molar-refractivity contribution in [3.63, 3.8) is 0 Å². The van der Waals surface area contributed by atoms with E-state index in [1.54, 1.807) is 36.5 Å². The molecule has 1 saturated carbocycles. The number of aliphatic hydroxyl groups is 1. The highest BCUT2D eigenvalue weighted by atomic mass is 32.2. The second-order valence-electron chi connectivity index (χ2n) is 10.1. The van der Waals surface area contributed by atoms with Crippen molar-refractivity contribution < 1.29 is 22.4 Å². The van der Waals surface area contributed by atoms with Crippen molar-refractivity contribution in [2.45, 2.75) is 62.2 Å². The number of quaternary nitrogens is 1. The van der Waals surface area contributed by atoms with E-state index < -0.39 is 21.8 Å². The molecule has 1 fully saturated rings. The smallest absolute Gasteiger partial charge is 0.245 e. The molecule has 2 atom stereocenters. The van der Waals surface area contributed by atoms with Gasteiger partial charge in [0.25, 0.3) is 0 Å². The van der Waals surface area contributed by atoms with Crippen molar-refractivity contribution in [1.82, 2.24) is 9.71 Å². The summed E-state index contributed by atoms with van der Waals surface area (Å²) in [6, 6.07) is 18.0. The summed E-state index contributed by atoms with van der Waals surface area (Å²) in [5, 5.41) is 12.0. The van der Waals surface area contributed by atoms with Crippen LogP contribution in [0.15, 0.2) is 76.2 Å². The van der Waals surface area contributed by atoms with E-state index in [4.69, 9.17) is 4.42 Å². The van der Waals surface area contributed by atoms with Crippen LogP contribution in [-0.4, -0.2) is 43.3 Å². The third kappa shape index (κ3) is 5.51. The molecule has 0 aliphatic heterocycles. The third-order valence-corrected chi connectivity index (χ3v) is 8.82. The van der Waals surface area contributed by atoms with E-state index in [-0.39, 0.29) is 10.8 Å². The molecule has 1 heterocycles. The lowest BCUT2D eigenvalue weighted by molar-refractivity contribution is -0.928. The Morgan fingerprint density at radius 1 is 1.06 bits per heavy atom. The minimum absolute atomic E-state index is 0.0317. The quantitative estimate of drug-likeness (QED) is 0.337. The van der Waals surface area contributed by atoms with Gasteiger partial charge in [0, 0.05) is 12.8 Å². The molecule has 1 aliphatic carbocycles. The van der Waals surface area contributed by atoms with Crippen LogP contribution in [0.1, 0.15) is 56.2 Å². The zero-order valence-corrected chi connectivity index (χ0v) is 21.5. The van der Waals surface area contributed by atoms with Crippen LogP contribution in [-0.2, 0) is 22.2 Å². The lowest BCUT2D eigenvalue weighted by atomic mass is 9.73. The summed E-state index contributed by atoms with van der Waals surface area (Å²) in [6.07, 6.45) is 6.41. The molecule has 4 rings (SSSR count). The maximum absolute atomic E-state index is 12.8. The first-order chi connectivity index (χ1) is 16.6. The Balaban J connectivity index is 1.55. The van der Waals surface area contributed by atoms with E-state index in [0.717, 1.165) is 31.2 Å². The van der Waals surface area contributed by atoms with Gasteiger partial charge in [-0.25, -0.2) is 13.4 Å². The Bertz CT molecular complexity index is 1210. The molecule has 7 nitrogen and oxygen atoms in total. The lowest BCUT2D eigenvalue weighted by Gasteiger charge is -2.37. The van der Waals surface area contributed by atoms with Gasteiger partial charge in [0.05, 0.1) is 25.2 Å². The summed E-state index contributed by atoms with van der Waals surface area (Å²) in [7, 11) is 0.215. The Morgan fingerprint density at radius 3 is 2.29 bits per heavy atom. The summed E-state index contributed by atoms with van der Waals surface area (Å²) in [5.41, 5.74) is -0.504. The van der Waals surface area contributed by atoms with Crippen LogP contribution >= 0.6 is 0 Å². The Hall–Kier alpha value is -2.52. The predicted octanol–water partition coefficient (Wildman–Crippen LogP) is 4.39. The molecule has 3 aromatic rings. The van der Waals surface area contributed by atoms with Crippen molar-refractivity contribution in [2.75, 3.05) is 14.1 Å². The largest absolute Gasteiger partial charge is 0.436 e. The second-order valence-corrected chi connectivity index (χ2v) is 11.9. The highest BCUT2D eigenvalue weighted by Gasteiger charge is 2.45. The second kappa shape index (κ2) is 10.2. The van der Waals surface area contributed by atoms with Gasteiger partial charge in [-0.1, -0.05) is 67.8 Å². The van der Waals surface area contributed by atoms with Gasteiger partial charge < -0.3 is 14.0 Å². The van der Waals surface area contributed by atoms with E-state index in [0.29, 0.717) is 22.7 Å². The fraction of sp³-hybridized carbons (Fsp3) is 0.444. The molecule has 0 spiro atoms. The number of hydrogen-bond acceptors (Lipinski definition) is 5. The van der Waals surface area contributed by atoms with Crippen LogP contribution in [0.4, 0.5) is 0 Å². The minimum Gasteiger partial charge on any atom is -0.436 e. The van der Waals surface area contributed by atoms with Gasteiger partial charge >= 0.3 is 0 Å². The molecule has 1 unspecified atom stereocenters. The zero-order valence-electron chi connectivity index (χ0n) is 20.7. The molecule has 188 valence electrons. The Kier molecular flexibility index (Phi) is 7.47. The summed E-state index contributed by atoms with van der Waals surface area (Å²) in [4.78, 5) is 4.77. The van der Waals surface area contributed by atoms with Gasteiger partial charge in [-0.15, -0.1) is 0 Å². The number of sulfonamides is 1. The van der Waals surface area contributed by atoms with E-state index >= 15 is 0 Å². The minimum atomic E-state index is -3.66. The zero-order chi connectivity index (χ0) is 25.1. The molecule has 8 heteroatoms. The average molecular weight is 499 g/mol. The van der Waals surface area contributed by atoms with Gasteiger partial charge in [-0.3, -0.25) is 0 Å². The normalized spacial score (nSPS) is 18.2. The van der Waals surface area contributed by atoms with Crippen molar-refractivity contribution >= 4 is 10.0 Å². The molecular formula is C27H36N3O4S+. The average Bonchev–Trinajstić information content (AvgIpc) is 3.33. The van der Waals surface area contributed by atoms with Crippen LogP contribution in [0.25, 0.3) is 0 Å². The Labute approximate surface area is 208 Å². The van der Waals surface area contributed by atoms with E-state index in [2.05, 4.69) is 9.71 Å².